The van der Waals surface area contributed by atoms with Gasteiger partial charge in [-0.3, -0.25) is 19.5 Å². The molecular weight excluding hydrogens is 530 g/mol. The van der Waals surface area contributed by atoms with Gasteiger partial charge in [0.25, 0.3) is 5.91 Å². The Morgan fingerprint density at radius 2 is 1.88 bits per heavy atom. The molecule has 41 heavy (non-hydrogen) atoms. The van der Waals surface area contributed by atoms with Crippen LogP contribution in [0.1, 0.15) is 72.2 Å². The fraction of sp³-hybridized carbons (Fsp3) is 0.433. The molecule has 1 aliphatic heterocycles. The lowest BCUT2D eigenvalue weighted by Crippen LogP contribution is -2.48. The van der Waals surface area contributed by atoms with Gasteiger partial charge in [-0.2, -0.15) is 0 Å². The van der Waals surface area contributed by atoms with E-state index in [0.29, 0.717) is 31.4 Å². The maximum Gasteiger partial charge on any atom is 0.291 e. The number of nitrogens with zero attached hydrogens (tertiary/aromatic N) is 4. The summed E-state index contributed by atoms with van der Waals surface area (Å²) in [5.74, 6) is -2.14. The lowest BCUT2D eigenvalue weighted by molar-refractivity contribution is -0.130. The van der Waals surface area contributed by atoms with Crippen molar-refractivity contribution in [2.24, 2.45) is 0 Å². The molecule has 3 amide bonds. The number of anilines is 1. The topological polar surface area (TPSA) is 111 Å². The van der Waals surface area contributed by atoms with Gasteiger partial charge in [-0.25, -0.2) is 13.8 Å². The van der Waals surface area contributed by atoms with Crippen molar-refractivity contribution in [3.05, 3.63) is 76.4 Å². The van der Waals surface area contributed by atoms with Crippen molar-refractivity contribution in [3.8, 4) is 0 Å². The molecule has 2 aromatic carbocycles. The standard InChI is InChI=1S/C30H36F2N6O3/c1-4-7-24(33-29(40)28-34-26(35-36-28)17-21-11-12-22(31)18-23(21)32)30(41)37(3)25-16-20(9-8-19(25)2)10-13-27(39)38-14-5-6-15-38/h8-9,11-12,16,18,24H,4-7,10,13-15,17H2,1-3H3,(H,33,40)(H,34,35,36)/t24-/m0/s1. The van der Waals surface area contributed by atoms with Crippen LogP contribution in [-0.4, -0.2) is 64.0 Å². The van der Waals surface area contributed by atoms with Crippen LogP contribution in [0, 0.1) is 18.6 Å². The third-order valence-corrected chi connectivity index (χ3v) is 7.34. The number of likely N-dealkylation sites (N-methyl/N-ethyl adjacent to an activating group) is 1. The number of carbonyl (C=O) groups is 3. The molecule has 3 aromatic rings. The van der Waals surface area contributed by atoms with E-state index in [1.165, 1.54) is 11.0 Å². The first kappa shape index (κ1) is 29.8. The Morgan fingerprint density at radius 1 is 1.12 bits per heavy atom. The average Bonchev–Trinajstić information content (AvgIpc) is 3.66. The molecule has 0 saturated carbocycles. The number of likely N-dealkylation sites (tertiary alicyclic amines) is 1. The number of halogens is 2. The monoisotopic (exact) mass is 566 g/mol. The van der Waals surface area contributed by atoms with Crippen LogP contribution in [-0.2, 0) is 22.4 Å². The lowest BCUT2D eigenvalue weighted by atomic mass is 10.0. The molecule has 1 aromatic heterocycles. The Labute approximate surface area is 238 Å². The van der Waals surface area contributed by atoms with E-state index in [1.54, 1.807) is 7.05 Å². The van der Waals surface area contributed by atoms with E-state index in [0.717, 1.165) is 49.2 Å². The number of rotatable bonds is 11. The van der Waals surface area contributed by atoms with Crippen LogP contribution >= 0.6 is 0 Å². The number of aromatic nitrogens is 3. The second-order valence-electron chi connectivity index (χ2n) is 10.4. The second-order valence-corrected chi connectivity index (χ2v) is 10.4. The van der Waals surface area contributed by atoms with Gasteiger partial charge in [-0.05, 0) is 61.4 Å². The van der Waals surface area contributed by atoms with E-state index in [-0.39, 0.29) is 35.4 Å². The first-order valence-electron chi connectivity index (χ1n) is 14.0. The highest BCUT2D eigenvalue weighted by Crippen LogP contribution is 2.23. The minimum absolute atomic E-state index is 0.00824. The average molecular weight is 567 g/mol. The molecule has 0 radical (unpaired) electrons. The van der Waals surface area contributed by atoms with Gasteiger partial charge >= 0.3 is 0 Å². The zero-order valence-corrected chi connectivity index (χ0v) is 23.7. The van der Waals surface area contributed by atoms with E-state index in [4.69, 9.17) is 0 Å². The number of benzene rings is 2. The summed E-state index contributed by atoms with van der Waals surface area (Å²) >= 11 is 0. The van der Waals surface area contributed by atoms with E-state index in [1.807, 2.05) is 36.9 Å². The quantitative estimate of drug-likeness (QED) is 0.363. The molecule has 4 rings (SSSR count). The predicted molar refractivity (Wildman–Crippen MR) is 150 cm³/mol. The fourth-order valence-corrected chi connectivity index (χ4v) is 4.99. The molecule has 2 heterocycles. The number of amides is 3. The van der Waals surface area contributed by atoms with Gasteiger partial charge in [0.15, 0.2) is 0 Å². The van der Waals surface area contributed by atoms with Crippen LogP contribution in [0.15, 0.2) is 36.4 Å². The van der Waals surface area contributed by atoms with Crippen molar-refractivity contribution >= 4 is 23.4 Å². The van der Waals surface area contributed by atoms with Crippen molar-refractivity contribution in [1.82, 2.24) is 25.4 Å². The Morgan fingerprint density at radius 3 is 2.59 bits per heavy atom. The summed E-state index contributed by atoms with van der Waals surface area (Å²) < 4.78 is 27.2. The molecule has 0 spiro atoms. The van der Waals surface area contributed by atoms with Crippen molar-refractivity contribution in [2.45, 2.75) is 64.8 Å². The Balaban J connectivity index is 1.41. The minimum atomic E-state index is -0.825. The first-order chi connectivity index (χ1) is 19.7. The number of nitrogens with one attached hydrogen (secondary N) is 2. The second kappa shape index (κ2) is 13.5. The minimum Gasteiger partial charge on any atom is -0.343 e. The summed E-state index contributed by atoms with van der Waals surface area (Å²) in [7, 11) is 1.67. The summed E-state index contributed by atoms with van der Waals surface area (Å²) in [5, 5.41) is 9.27. The van der Waals surface area contributed by atoms with Crippen LogP contribution in [0.5, 0.6) is 0 Å². The number of aryl methyl sites for hydroxylation is 2. The van der Waals surface area contributed by atoms with Crippen LogP contribution in [0.25, 0.3) is 0 Å². The zero-order valence-electron chi connectivity index (χ0n) is 23.7. The Kier molecular flexibility index (Phi) is 9.80. The summed E-state index contributed by atoms with van der Waals surface area (Å²) in [5.41, 5.74) is 2.76. The number of carbonyl (C=O) groups excluding carboxylic acids is 3. The number of hydrogen-bond acceptors (Lipinski definition) is 5. The van der Waals surface area contributed by atoms with E-state index in [9.17, 15) is 23.2 Å². The van der Waals surface area contributed by atoms with Gasteiger partial charge in [0.2, 0.25) is 17.6 Å². The molecule has 2 N–H and O–H groups in total. The molecule has 11 heteroatoms. The highest BCUT2D eigenvalue weighted by atomic mass is 19.1. The molecule has 0 bridgehead atoms. The number of hydrogen-bond donors (Lipinski definition) is 2. The van der Waals surface area contributed by atoms with Gasteiger partial charge in [-0.15, -0.1) is 5.10 Å². The third kappa shape index (κ3) is 7.53. The van der Waals surface area contributed by atoms with Gasteiger partial charge < -0.3 is 15.1 Å². The van der Waals surface area contributed by atoms with Gasteiger partial charge in [0.1, 0.15) is 23.5 Å². The van der Waals surface area contributed by atoms with Crippen molar-refractivity contribution in [1.29, 1.82) is 0 Å². The molecule has 1 aliphatic rings. The molecule has 1 saturated heterocycles. The van der Waals surface area contributed by atoms with Crippen molar-refractivity contribution < 1.29 is 23.2 Å². The molecule has 0 unspecified atom stereocenters. The smallest absolute Gasteiger partial charge is 0.291 e. The van der Waals surface area contributed by atoms with E-state index >= 15 is 0 Å². The Hall–Kier alpha value is -4.15. The summed E-state index contributed by atoms with van der Waals surface area (Å²) in [6.07, 6.45) is 4.13. The zero-order chi connectivity index (χ0) is 29.5. The molecular formula is C30H36F2N6O3. The number of H-pyrrole nitrogens is 1. The maximum absolute atomic E-state index is 14.0. The van der Waals surface area contributed by atoms with Crippen LogP contribution in [0.2, 0.25) is 0 Å². The molecule has 0 aliphatic carbocycles. The SMILES string of the molecule is CCC[C@H](NC(=O)c1n[nH]c(Cc2ccc(F)cc2F)n1)C(=O)N(C)c1cc(CCC(=O)N2CCCC2)ccc1C. The molecule has 1 atom stereocenters. The van der Waals surface area contributed by atoms with Crippen LogP contribution in [0.3, 0.4) is 0 Å². The highest BCUT2D eigenvalue weighted by molar-refractivity contribution is 6.01. The first-order valence-corrected chi connectivity index (χ1v) is 14.0. The highest BCUT2D eigenvalue weighted by Gasteiger charge is 2.27. The maximum atomic E-state index is 14.0. The molecule has 9 nitrogen and oxygen atoms in total. The summed E-state index contributed by atoms with van der Waals surface area (Å²) in [6.45, 7) is 5.46. The normalized spacial score (nSPS) is 13.7. The van der Waals surface area contributed by atoms with Gasteiger partial charge in [0, 0.05) is 44.7 Å². The van der Waals surface area contributed by atoms with Crippen LogP contribution in [0.4, 0.5) is 14.5 Å². The lowest BCUT2D eigenvalue weighted by Gasteiger charge is -2.26. The van der Waals surface area contributed by atoms with Crippen molar-refractivity contribution in [3.63, 3.8) is 0 Å². The van der Waals surface area contributed by atoms with Crippen molar-refractivity contribution in [2.75, 3.05) is 25.0 Å². The Bertz CT molecular complexity index is 1400. The molecule has 218 valence electrons. The third-order valence-electron chi connectivity index (χ3n) is 7.34. The van der Waals surface area contributed by atoms with Gasteiger partial charge in [0.05, 0.1) is 0 Å². The fourth-order valence-electron chi connectivity index (χ4n) is 4.99. The van der Waals surface area contributed by atoms with E-state index in [2.05, 4.69) is 20.5 Å². The van der Waals surface area contributed by atoms with E-state index < -0.39 is 23.6 Å². The predicted octanol–water partition coefficient (Wildman–Crippen LogP) is 4.10. The summed E-state index contributed by atoms with van der Waals surface area (Å²) in [4.78, 5) is 46.6. The number of aromatic amines is 1. The summed E-state index contributed by atoms with van der Waals surface area (Å²) in [6, 6.07) is 8.23. The van der Waals surface area contributed by atoms with Crippen LogP contribution < -0.4 is 10.2 Å². The van der Waals surface area contributed by atoms with Gasteiger partial charge in [-0.1, -0.05) is 31.5 Å². The largest absolute Gasteiger partial charge is 0.343 e. The molecule has 1 fully saturated rings.